The fourth-order valence-electron chi connectivity index (χ4n) is 2.68. The standard InChI is InChI=1S/C16H20N4O4/c17-15(18)12-5-3-11(4-6-12)13(10-21)20-9-8-19(16(20)24)7-1-2-14(22)23/h3-6,10,13H,1-2,7-9H2,(H3,17,18)(H,22,23). The van der Waals surface area contributed by atoms with Crippen LogP contribution >= 0.6 is 0 Å². The largest absolute Gasteiger partial charge is 0.481 e. The number of urea groups is 1. The third-order valence-electron chi connectivity index (χ3n) is 3.97. The molecule has 2 amide bonds. The molecule has 24 heavy (non-hydrogen) atoms. The summed E-state index contributed by atoms with van der Waals surface area (Å²) >= 11 is 0. The van der Waals surface area contributed by atoms with Gasteiger partial charge in [-0.3, -0.25) is 10.2 Å². The number of rotatable bonds is 8. The first-order valence-corrected chi connectivity index (χ1v) is 7.61. The number of nitrogen functional groups attached to an aromatic ring is 1. The van der Waals surface area contributed by atoms with Gasteiger partial charge < -0.3 is 25.4 Å². The zero-order chi connectivity index (χ0) is 17.7. The maximum atomic E-state index is 12.4. The van der Waals surface area contributed by atoms with Crippen LogP contribution in [0.2, 0.25) is 0 Å². The fourth-order valence-corrected chi connectivity index (χ4v) is 2.68. The number of carbonyl (C=O) groups excluding carboxylic acids is 2. The van der Waals surface area contributed by atoms with Gasteiger partial charge in [-0.2, -0.15) is 0 Å². The lowest BCUT2D eigenvalue weighted by Crippen LogP contribution is -2.35. The summed E-state index contributed by atoms with van der Waals surface area (Å²) in [5.41, 5.74) is 6.60. The Kier molecular flexibility index (Phi) is 5.51. The number of carboxylic acids is 1. The highest BCUT2D eigenvalue weighted by Gasteiger charge is 2.34. The molecule has 0 aliphatic carbocycles. The van der Waals surface area contributed by atoms with Crippen LogP contribution in [0.1, 0.15) is 30.0 Å². The Morgan fingerprint density at radius 1 is 1.33 bits per heavy atom. The number of amides is 2. The summed E-state index contributed by atoms with van der Waals surface area (Å²) in [6.07, 6.45) is 1.10. The quantitative estimate of drug-likeness (QED) is 0.369. The van der Waals surface area contributed by atoms with Crippen molar-refractivity contribution in [2.75, 3.05) is 19.6 Å². The maximum Gasteiger partial charge on any atom is 0.321 e. The van der Waals surface area contributed by atoms with Gasteiger partial charge >= 0.3 is 12.0 Å². The summed E-state index contributed by atoms with van der Waals surface area (Å²) in [5.74, 6) is -0.958. The Morgan fingerprint density at radius 3 is 2.54 bits per heavy atom. The Hall–Kier alpha value is -2.90. The van der Waals surface area contributed by atoms with Crippen molar-refractivity contribution in [2.45, 2.75) is 18.9 Å². The van der Waals surface area contributed by atoms with Crippen LogP contribution in [-0.2, 0) is 9.59 Å². The molecule has 1 aromatic rings. The number of hydrogen-bond donors (Lipinski definition) is 3. The Balaban J connectivity index is 2.05. The van der Waals surface area contributed by atoms with Crippen molar-refractivity contribution in [3.63, 3.8) is 0 Å². The number of aliphatic carboxylic acids is 1. The number of carbonyl (C=O) groups is 3. The molecule has 0 radical (unpaired) electrons. The van der Waals surface area contributed by atoms with Gasteiger partial charge in [-0.1, -0.05) is 24.3 Å². The third kappa shape index (κ3) is 3.89. The van der Waals surface area contributed by atoms with E-state index in [1.54, 1.807) is 29.2 Å². The molecule has 0 aromatic heterocycles. The molecule has 1 aliphatic rings. The van der Waals surface area contributed by atoms with Gasteiger partial charge in [-0.15, -0.1) is 0 Å². The number of aldehydes is 1. The van der Waals surface area contributed by atoms with Gasteiger partial charge in [0.25, 0.3) is 0 Å². The third-order valence-corrected chi connectivity index (χ3v) is 3.97. The summed E-state index contributed by atoms with van der Waals surface area (Å²) < 4.78 is 0. The van der Waals surface area contributed by atoms with E-state index in [9.17, 15) is 14.4 Å². The molecule has 8 heteroatoms. The van der Waals surface area contributed by atoms with Gasteiger partial charge in [0.1, 0.15) is 18.2 Å². The molecular formula is C16H20N4O4. The van der Waals surface area contributed by atoms with E-state index < -0.39 is 12.0 Å². The predicted octanol–water partition coefficient (Wildman–Crippen LogP) is 0.813. The van der Waals surface area contributed by atoms with Crippen molar-refractivity contribution < 1.29 is 19.5 Å². The maximum absolute atomic E-state index is 12.4. The van der Waals surface area contributed by atoms with Crippen LogP contribution < -0.4 is 5.73 Å². The normalized spacial score (nSPS) is 15.4. The molecule has 2 rings (SSSR count). The molecule has 1 saturated heterocycles. The number of hydrogen-bond acceptors (Lipinski definition) is 4. The SMILES string of the molecule is N=C(N)c1ccc(C(C=O)N2CCN(CCCC(=O)O)C2=O)cc1. The predicted molar refractivity (Wildman–Crippen MR) is 86.8 cm³/mol. The number of nitrogens with zero attached hydrogens (tertiary/aromatic N) is 2. The van der Waals surface area contributed by atoms with Crippen LogP contribution in [0.4, 0.5) is 4.79 Å². The molecule has 1 atom stereocenters. The molecule has 1 aliphatic heterocycles. The van der Waals surface area contributed by atoms with Crippen molar-refractivity contribution in [1.82, 2.24) is 9.80 Å². The highest BCUT2D eigenvalue weighted by molar-refractivity contribution is 5.95. The summed E-state index contributed by atoms with van der Waals surface area (Å²) in [6, 6.07) is 5.65. The minimum absolute atomic E-state index is 0.00734. The van der Waals surface area contributed by atoms with E-state index in [1.807, 2.05) is 0 Å². The Bertz CT molecular complexity index is 644. The monoisotopic (exact) mass is 332 g/mol. The van der Waals surface area contributed by atoms with Crippen molar-refractivity contribution in [1.29, 1.82) is 5.41 Å². The van der Waals surface area contributed by atoms with Gasteiger partial charge in [-0.25, -0.2) is 4.79 Å². The molecule has 128 valence electrons. The zero-order valence-electron chi connectivity index (χ0n) is 13.1. The van der Waals surface area contributed by atoms with E-state index in [-0.39, 0.29) is 18.3 Å². The summed E-state index contributed by atoms with van der Waals surface area (Å²) in [6.45, 7) is 1.23. The molecular weight excluding hydrogens is 312 g/mol. The first-order valence-electron chi connectivity index (χ1n) is 7.61. The van der Waals surface area contributed by atoms with E-state index >= 15 is 0 Å². The molecule has 1 aromatic carbocycles. The lowest BCUT2D eigenvalue weighted by molar-refractivity contribution is -0.137. The summed E-state index contributed by atoms with van der Waals surface area (Å²) in [5, 5.41) is 16.0. The van der Waals surface area contributed by atoms with Crippen LogP contribution in [0.25, 0.3) is 0 Å². The van der Waals surface area contributed by atoms with Crippen molar-refractivity contribution in [2.24, 2.45) is 5.73 Å². The van der Waals surface area contributed by atoms with E-state index in [1.165, 1.54) is 4.90 Å². The van der Waals surface area contributed by atoms with E-state index in [4.69, 9.17) is 16.2 Å². The number of nitrogens with one attached hydrogen (secondary N) is 1. The Labute approximate surface area is 139 Å². The molecule has 1 fully saturated rings. The van der Waals surface area contributed by atoms with Crippen LogP contribution in [0.3, 0.4) is 0 Å². The fraction of sp³-hybridized carbons (Fsp3) is 0.375. The highest BCUT2D eigenvalue weighted by Crippen LogP contribution is 2.24. The smallest absolute Gasteiger partial charge is 0.321 e. The van der Waals surface area contributed by atoms with Crippen molar-refractivity contribution >= 4 is 24.1 Å². The second kappa shape index (κ2) is 7.58. The lowest BCUT2D eigenvalue weighted by atomic mass is 10.0. The molecule has 0 bridgehead atoms. The highest BCUT2D eigenvalue weighted by atomic mass is 16.4. The van der Waals surface area contributed by atoms with Gasteiger partial charge in [0, 0.05) is 31.6 Å². The molecule has 4 N–H and O–H groups in total. The zero-order valence-corrected chi connectivity index (χ0v) is 13.1. The molecule has 0 spiro atoms. The molecule has 8 nitrogen and oxygen atoms in total. The van der Waals surface area contributed by atoms with Crippen LogP contribution in [0, 0.1) is 5.41 Å². The first-order chi connectivity index (χ1) is 11.4. The minimum atomic E-state index is -0.894. The van der Waals surface area contributed by atoms with Crippen LogP contribution in [0.5, 0.6) is 0 Å². The minimum Gasteiger partial charge on any atom is -0.481 e. The topological polar surface area (TPSA) is 128 Å². The second-order valence-electron chi connectivity index (χ2n) is 5.58. The van der Waals surface area contributed by atoms with Crippen molar-refractivity contribution in [3.8, 4) is 0 Å². The van der Waals surface area contributed by atoms with Gasteiger partial charge in [-0.05, 0) is 12.0 Å². The lowest BCUT2D eigenvalue weighted by Gasteiger charge is -2.24. The molecule has 1 unspecified atom stereocenters. The van der Waals surface area contributed by atoms with Crippen molar-refractivity contribution in [3.05, 3.63) is 35.4 Å². The average molecular weight is 332 g/mol. The Morgan fingerprint density at radius 2 is 2.00 bits per heavy atom. The van der Waals surface area contributed by atoms with E-state index in [0.717, 1.165) is 0 Å². The molecule has 0 saturated carbocycles. The second-order valence-corrected chi connectivity index (χ2v) is 5.58. The van der Waals surface area contributed by atoms with Gasteiger partial charge in [0.15, 0.2) is 0 Å². The summed E-state index contributed by atoms with van der Waals surface area (Å²) in [7, 11) is 0. The number of carboxylic acid groups (broad SMARTS) is 1. The molecule has 1 heterocycles. The number of benzene rings is 1. The van der Waals surface area contributed by atoms with Gasteiger partial charge in [0.05, 0.1) is 0 Å². The number of nitrogens with two attached hydrogens (primary N) is 1. The van der Waals surface area contributed by atoms with Gasteiger partial charge in [0.2, 0.25) is 0 Å². The van der Waals surface area contributed by atoms with E-state index in [0.29, 0.717) is 43.5 Å². The first kappa shape index (κ1) is 17.5. The number of amidine groups is 1. The van der Waals surface area contributed by atoms with Crippen LogP contribution in [-0.4, -0.2) is 58.7 Å². The van der Waals surface area contributed by atoms with E-state index in [2.05, 4.69) is 0 Å². The summed E-state index contributed by atoms with van der Waals surface area (Å²) in [4.78, 5) is 37.5. The average Bonchev–Trinajstić information content (AvgIpc) is 2.90. The van der Waals surface area contributed by atoms with Crippen LogP contribution in [0.15, 0.2) is 24.3 Å².